The highest BCUT2D eigenvalue weighted by atomic mass is 16.5. The third-order valence-electron chi connectivity index (χ3n) is 3.86. The van der Waals surface area contributed by atoms with Gasteiger partial charge in [-0.1, -0.05) is 25.7 Å². The summed E-state index contributed by atoms with van der Waals surface area (Å²) < 4.78 is 5.10. The van der Waals surface area contributed by atoms with E-state index in [4.69, 9.17) is 4.74 Å². The van der Waals surface area contributed by atoms with Gasteiger partial charge in [-0.25, -0.2) is 0 Å². The quantitative estimate of drug-likeness (QED) is 0.635. The Balaban J connectivity index is 1.90. The van der Waals surface area contributed by atoms with E-state index in [0.717, 1.165) is 6.42 Å². The topological polar surface area (TPSA) is 26.3 Å². The first kappa shape index (κ1) is 10.0. The van der Waals surface area contributed by atoms with Gasteiger partial charge >= 0.3 is 5.97 Å². The lowest BCUT2D eigenvalue weighted by atomic mass is 9.94. The van der Waals surface area contributed by atoms with Gasteiger partial charge in [-0.15, -0.1) is 0 Å². The molecule has 2 rings (SSSR count). The minimum atomic E-state index is 0.0643. The summed E-state index contributed by atoms with van der Waals surface area (Å²) in [5.41, 5.74) is 0.378. The Morgan fingerprint density at radius 1 is 1.29 bits per heavy atom. The molecule has 0 aromatic heterocycles. The van der Waals surface area contributed by atoms with E-state index in [-0.39, 0.29) is 11.9 Å². The van der Waals surface area contributed by atoms with Gasteiger partial charge in [0.15, 0.2) is 0 Å². The van der Waals surface area contributed by atoms with E-state index in [1.165, 1.54) is 38.5 Å². The first-order valence-corrected chi connectivity index (χ1v) is 5.95. The van der Waals surface area contributed by atoms with Crippen LogP contribution in [-0.2, 0) is 9.53 Å². The van der Waals surface area contributed by atoms with Crippen molar-refractivity contribution in [2.45, 2.75) is 51.9 Å². The molecule has 2 aliphatic rings. The first-order chi connectivity index (χ1) is 6.78. The summed E-state index contributed by atoms with van der Waals surface area (Å²) in [6.45, 7) is 2.42. The van der Waals surface area contributed by atoms with E-state index in [9.17, 15) is 4.79 Å². The maximum atomic E-state index is 11.6. The molecule has 2 nitrogen and oxygen atoms in total. The van der Waals surface area contributed by atoms with Crippen molar-refractivity contribution in [2.24, 2.45) is 11.3 Å². The zero-order valence-corrected chi connectivity index (χ0v) is 9.05. The molecule has 1 spiro atoms. The summed E-state index contributed by atoms with van der Waals surface area (Å²) in [7, 11) is 0. The van der Waals surface area contributed by atoms with E-state index < -0.39 is 0 Å². The molecule has 0 aromatic rings. The van der Waals surface area contributed by atoms with E-state index in [1.807, 2.05) is 6.92 Å². The largest absolute Gasteiger partial charge is 0.466 e. The van der Waals surface area contributed by atoms with Crippen LogP contribution in [0.3, 0.4) is 0 Å². The fourth-order valence-electron chi connectivity index (χ4n) is 2.91. The van der Waals surface area contributed by atoms with Crippen molar-refractivity contribution in [3.8, 4) is 0 Å². The zero-order chi connectivity index (χ0) is 10.0. The fourth-order valence-corrected chi connectivity index (χ4v) is 2.91. The molecule has 14 heavy (non-hydrogen) atoms. The second-order valence-electron chi connectivity index (χ2n) is 4.79. The Labute approximate surface area is 86.0 Å². The summed E-state index contributed by atoms with van der Waals surface area (Å²) in [5, 5.41) is 0. The average Bonchev–Trinajstić information content (AvgIpc) is 2.92. The highest BCUT2D eigenvalue weighted by molar-refractivity contribution is 5.76. The maximum Gasteiger partial charge on any atom is 0.309 e. The molecule has 0 aliphatic heterocycles. The molecule has 0 bridgehead atoms. The molecule has 1 unspecified atom stereocenters. The van der Waals surface area contributed by atoms with Crippen LogP contribution in [0.25, 0.3) is 0 Å². The van der Waals surface area contributed by atoms with E-state index in [1.54, 1.807) is 0 Å². The minimum Gasteiger partial charge on any atom is -0.466 e. The van der Waals surface area contributed by atoms with Crippen molar-refractivity contribution >= 4 is 5.97 Å². The smallest absolute Gasteiger partial charge is 0.309 e. The molecule has 0 amide bonds. The molecule has 2 saturated carbocycles. The second kappa shape index (κ2) is 3.92. The second-order valence-corrected chi connectivity index (χ2v) is 4.79. The van der Waals surface area contributed by atoms with E-state index in [2.05, 4.69) is 0 Å². The fraction of sp³-hybridized carbons (Fsp3) is 0.917. The third-order valence-corrected chi connectivity index (χ3v) is 3.86. The van der Waals surface area contributed by atoms with Crippen LogP contribution < -0.4 is 0 Å². The lowest BCUT2D eigenvalue weighted by Gasteiger charge is -2.12. The lowest BCUT2D eigenvalue weighted by Crippen LogP contribution is -2.13. The van der Waals surface area contributed by atoms with Gasteiger partial charge < -0.3 is 4.74 Å². The minimum absolute atomic E-state index is 0.0643. The lowest BCUT2D eigenvalue weighted by molar-refractivity contribution is -0.145. The molecule has 2 aliphatic carbocycles. The predicted octanol–water partition coefficient (Wildman–Crippen LogP) is 2.91. The van der Waals surface area contributed by atoms with Crippen LogP contribution in [0.5, 0.6) is 0 Å². The molecule has 2 fully saturated rings. The van der Waals surface area contributed by atoms with Gasteiger partial charge in [0.1, 0.15) is 0 Å². The molecule has 0 N–H and O–H groups in total. The molecule has 0 radical (unpaired) electrons. The van der Waals surface area contributed by atoms with Crippen LogP contribution in [0.2, 0.25) is 0 Å². The number of ether oxygens (including phenoxy) is 1. The Kier molecular flexibility index (Phi) is 2.80. The van der Waals surface area contributed by atoms with Gasteiger partial charge in [0.2, 0.25) is 0 Å². The standard InChI is InChI=1S/C12H20O2/c1-2-14-11(13)10-9-12(10)7-5-3-4-6-8-12/h10H,2-9H2,1H3. The zero-order valence-electron chi connectivity index (χ0n) is 9.05. The third kappa shape index (κ3) is 1.79. The van der Waals surface area contributed by atoms with Crippen molar-refractivity contribution in [1.82, 2.24) is 0 Å². The first-order valence-electron chi connectivity index (χ1n) is 5.95. The van der Waals surface area contributed by atoms with Crippen LogP contribution in [0.15, 0.2) is 0 Å². The number of rotatable bonds is 2. The number of carbonyl (C=O) groups excluding carboxylic acids is 1. The Morgan fingerprint density at radius 3 is 2.50 bits per heavy atom. The number of esters is 1. The molecule has 0 saturated heterocycles. The SMILES string of the molecule is CCOC(=O)C1CC12CCCCCC2. The van der Waals surface area contributed by atoms with Gasteiger partial charge in [0.05, 0.1) is 12.5 Å². The monoisotopic (exact) mass is 196 g/mol. The molecule has 2 heteroatoms. The van der Waals surface area contributed by atoms with Gasteiger partial charge in [-0.2, -0.15) is 0 Å². The number of hydrogen-bond acceptors (Lipinski definition) is 2. The van der Waals surface area contributed by atoms with Crippen LogP contribution in [0.4, 0.5) is 0 Å². The predicted molar refractivity (Wildman–Crippen MR) is 54.9 cm³/mol. The van der Waals surface area contributed by atoms with Crippen molar-refractivity contribution < 1.29 is 9.53 Å². The van der Waals surface area contributed by atoms with Gasteiger partial charge in [0, 0.05) is 0 Å². The highest BCUT2D eigenvalue weighted by Crippen LogP contribution is 2.60. The molecule has 1 atom stereocenters. The maximum absolute atomic E-state index is 11.6. The summed E-state index contributed by atoms with van der Waals surface area (Å²) in [6.07, 6.45) is 8.97. The number of carbonyl (C=O) groups is 1. The molecule has 80 valence electrons. The molecular formula is C12H20O2. The van der Waals surface area contributed by atoms with Crippen molar-refractivity contribution in [3.63, 3.8) is 0 Å². The molecule has 0 aromatic carbocycles. The van der Waals surface area contributed by atoms with Crippen molar-refractivity contribution in [1.29, 1.82) is 0 Å². The van der Waals surface area contributed by atoms with Gasteiger partial charge in [0.25, 0.3) is 0 Å². The van der Waals surface area contributed by atoms with E-state index in [0.29, 0.717) is 12.0 Å². The van der Waals surface area contributed by atoms with Crippen LogP contribution in [0, 0.1) is 11.3 Å². The van der Waals surface area contributed by atoms with E-state index >= 15 is 0 Å². The summed E-state index contributed by atoms with van der Waals surface area (Å²) >= 11 is 0. The van der Waals surface area contributed by atoms with Crippen LogP contribution in [-0.4, -0.2) is 12.6 Å². The normalized spacial score (nSPS) is 29.6. The van der Waals surface area contributed by atoms with Crippen LogP contribution in [0.1, 0.15) is 51.9 Å². The highest BCUT2D eigenvalue weighted by Gasteiger charge is 2.57. The van der Waals surface area contributed by atoms with Crippen LogP contribution >= 0.6 is 0 Å². The Morgan fingerprint density at radius 2 is 1.93 bits per heavy atom. The summed E-state index contributed by atoms with van der Waals surface area (Å²) in [4.78, 5) is 11.6. The summed E-state index contributed by atoms with van der Waals surface area (Å²) in [6, 6.07) is 0. The average molecular weight is 196 g/mol. The molecule has 0 heterocycles. The summed E-state index contributed by atoms with van der Waals surface area (Å²) in [5.74, 6) is 0.315. The Hall–Kier alpha value is -0.530. The van der Waals surface area contributed by atoms with Crippen molar-refractivity contribution in [3.05, 3.63) is 0 Å². The van der Waals surface area contributed by atoms with Gasteiger partial charge in [-0.3, -0.25) is 4.79 Å². The Bertz CT molecular complexity index is 214. The molecular weight excluding hydrogens is 176 g/mol. The van der Waals surface area contributed by atoms with Gasteiger partial charge in [-0.05, 0) is 31.6 Å². The number of hydrogen-bond donors (Lipinski definition) is 0. The van der Waals surface area contributed by atoms with Crippen molar-refractivity contribution in [2.75, 3.05) is 6.61 Å².